The maximum absolute atomic E-state index is 13.5. The van der Waals surface area contributed by atoms with Crippen LogP contribution in [0, 0.1) is 0 Å². The van der Waals surface area contributed by atoms with Gasteiger partial charge in [-0.3, -0.25) is 9.78 Å². The molecule has 1 aromatic heterocycles. The van der Waals surface area contributed by atoms with E-state index in [4.69, 9.17) is 4.74 Å². The first-order valence-corrected chi connectivity index (χ1v) is 12.8. The van der Waals surface area contributed by atoms with Crippen molar-refractivity contribution in [3.8, 4) is 0 Å². The van der Waals surface area contributed by atoms with Crippen molar-refractivity contribution in [2.75, 3.05) is 7.11 Å². The Morgan fingerprint density at radius 1 is 1.00 bits per heavy atom. The monoisotopic (exact) mass is 469 g/mol. The van der Waals surface area contributed by atoms with Crippen molar-refractivity contribution in [3.63, 3.8) is 0 Å². The van der Waals surface area contributed by atoms with Gasteiger partial charge in [0.25, 0.3) is 0 Å². The van der Waals surface area contributed by atoms with Crippen LogP contribution in [0.5, 0.6) is 0 Å². The first-order valence-electron chi connectivity index (χ1n) is 11.4. The van der Waals surface area contributed by atoms with E-state index < -0.39 is 26.7 Å². The number of ether oxygens (including phenoxy) is 1. The predicted molar refractivity (Wildman–Crippen MR) is 129 cm³/mol. The van der Waals surface area contributed by atoms with Gasteiger partial charge in [0.15, 0.2) is 14.6 Å². The SMILES string of the molecule is CC.COC(=O)C1(S(=O)(=O)c2ccc(C(O)c3ccnc4ccccc34)cc2)CCCCC1. The maximum Gasteiger partial charge on any atom is 0.327 e. The Labute approximate surface area is 195 Å². The second-order valence-corrected chi connectivity index (χ2v) is 10.2. The largest absolute Gasteiger partial charge is 0.468 e. The van der Waals surface area contributed by atoms with Crippen LogP contribution >= 0.6 is 0 Å². The van der Waals surface area contributed by atoms with Gasteiger partial charge in [-0.2, -0.15) is 0 Å². The lowest BCUT2D eigenvalue weighted by atomic mass is 9.88. The van der Waals surface area contributed by atoms with E-state index in [0.717, 1.165) is 17.3 Å². The van der Waals surface area contributed by atoms with Crippen LogP contribution in [-0.2, 0) is 19.4 Å². The van der Waals surface area contributed by atoms with Crippen LogP contribution in [0.3, 0.4) is 0 Å². The van der Waals surface area contributed by atoms with Gasteiger partial charge in [0, 0.05) is 11.6 Å². The highest BCUT2D eigenvalue weighted by atomic mass is 32.2. The second-order valence-electron chi connectivity index (χ2n) is 7.94. The normalized spacial score (nSPS) is 16.4. The number of esters is 1. The molecule has 1 aliphatic carbocycles. The second kappa shape index (κ2) is 10.4. The zero-order valence-corrected chi connectivity index (χ0v) is 20.1. The first-order chi connectivity index (χ1) is 15.9. The molecule has 1 atom stereocenters. The molecule has 0 aliphatic heterocycles. The summed E-state index contributed by atoms with van der Waals surface area (Å²) in [5, 5.41) is 11.8. The smallest absolute Gasteiger partial charge is 0.327 e. The van der Waals surface area contributed by atoms with Crippen molar-refractivity contribution >= 4 is 26.7 Å². The number of nitrogens with zero attached hydrogens (tertiary/aromatic N) is 1. The number of hydrogen-bond acceptors (Lipinski definition) is 6. The quantitative estimate of drug-likeness (QED) is 0.529. The third-order valence-corrected chi connectivity index (χ3v) is 8.71. The number of aliphatic hydroxyl groups excluding tert-OH is 1. The molecule has 6 nitrogen and oxygen atoms in total. The molecule has 2 aromatic carbocycles. The summed E-state index contributed by atoms with van der Waals surface area (Å²) in [6.07, 6.45) is 3.46. The Morgan fingerprint density at radius 3 is 2.27 bits per heavy atom. The van der Waals surface area contributed by atoms with Crippen LogP contribution < -0.4 is 0 Å². The summed E-state index contributed by atoms with van der Waals surface area (Å²) in [6.45, 7) is 4.00. The minimum absolute atomic E-state index is 0.0651. The number of hydrogen-bond donors (Lipinski definition) is 1. The molecule has 1 unspecified atom stereocenters. The number of benzene rings is 2. The lowest BCUT2D eigenvalue weighted by molar-refractivity contribution is -0.144. The van der Waals surface area contributed by atoms with E-state index in [9.17, 15) is 18.3 Å². The molecule has 1 aliphatic rings. The molecule has 0 radical (unpaired) electrons. The fourth-order valence-electron chi connectivity index (χ4n) is 4.48. The summed E-state index contributed by atoms with van der Waals surface area (Å²) in [7, 11) is -2.71. The van der Waals surface area contributed by atoms with E-state index in [1.807, 2.05) is 38.1 Å². The van der Waals surface area contributed by atoms with Crippen LogP contribution in [0.1, 0.15) is 63.2 Å². The Balaban J connectivity index is 0.00000149. The van der Waals surface area contributed by atoms with Crippen molar-refractivity contribution in [3.05, 3.63) is 71.9 Å². The molecule has 7 heteroatoms. The molecule has 33 heavy (non-hydrogen) atoms. The van der Waals surface area contributed by atoms with E-state index in [0.29, 0.717) is 24.0 Å². The average Bonchev–Trinajstić information content (AvgIpc) is 2.89. The lowest BCUT2D eigenvalue weighted by Crippen LogP contribution is -2.48. The number of methoxy groups -OCH3 is 1. The highest BCUT2D eigenvalue weighted by Crippen LogP contribution is 2.40. The van der Waals surface area contributed by atoms with Gasteiger partial charge in [-0.05, 0) is 48.2 Å². The number of rotatable bonds is 5. The van der Waals surface area contributed by atoms with Gasteiger partial charge in [0.1, 0.15) is 6.10 Å². The van der Waals surface area contributed by atoms with Crippen LogP contribution in [-0.4, -0.2) is 36.3 Å². The summed E-state index contributed by atoms with van der Waals surface area (Å²) >= 11 is 0. The Bertz CT molecular complexity index is 1190. The van der Waals surface area contributed by atoms with Gasteiger partial charge < -0.3 is 9.84 Å². The number of pyridine rings is 1. The van der Waals surface area contributed by atoms with Crippen molar-refractivity contribution in [1.82, 2.24) is 4.98 Å². The third-order valence-electron chi connectivity index (χ3n) is 6.22. The molecule has 1 heterocycles. The Kier molecular flexibility index (Phi) is 7.87. The minimum atomic E-state index is -3.94. The van der Waals surface area contributed by atoms with E-state index in [2.05, 4.69) is 4.98 Å². The number of carbonyl (C=O) groups is 1. The van der Waals surface area contributed by atoms with Crippen molar-refractivity contribution in [2.45, 2.75) is 61.7 Å². The molecular formula is C26H31NO5S. The molecule has 4 rings (SSSR count). The van der Waals surface area contributed by atoms with E-state index >= 15 is 0 Å². The minimum Gasteiger partial charge on any atom is -0.468 e. The molecule has 1 N–H and O–H groups in total. The van der Waals surface area contributed by atoms with Crippen molar-refractivity contribution in [2.24, 2.45) is 0 Å². The van der Waals surface area contributed by atoms with Crippen LogP contribution in [0.25, 0.3) is 10.9 Å². The van der Waals surface area contributed by atoms with Gasteiger partial charge in [0.05, 0.1) is 17.5 Å². The molecule has 1 fully saturated rings. The maximum atomic E-state index is 13.5. The average molecular weight is 470 g/mol. The van der Waals surface area contributed by atoms with Crippen LogP contribution in [0.15, 0.2) is 65.7 Å². The zero-order chi connectivity index (χ0) is 24.1. The zero-order valence-electron chi connectivity index (χ0n) is 19.3. The van der Waals surface area contributed by atoms with Gasteiger partial charge in [-0.1, -0.05) is 63.4 Å². The Morgan fingerprint density at radius 2 is 1.64 bits per heavy atom. The van der Waals surface area contributed by atoms with E-state index in [1.165, 1.54) is 19.2 Å². The number of aliphatic hydroxyl groups is 1. The number of carbonyl (C=O) groups excluding carboxylic acids is 1. The van der Waals surface area contributed by atoms with Gasteiger partial charge in [-0.15, -0.1) is 0 Å². The lowest BCUT2D eigenvalue weighted by Gasteiger charge is -2.33. The number of sulfone groups is 1. The fourth-order valence-corrected chi connectivity index (χ4v) is 6.56. The van der Waals surface area contributed by atoms with Gasteiger partial charge in [-0.25, -0.2) is 8.42 Å². The highest BCUT2D eigenvalue weighted by Gasteiger charge is 2.52. The molecule has 3 aromatic rings. The predicted octanol–water partition coefficient (Wildman–Crippen LogP) is 4.99. The van der Waals surface area contributed by atoms with E-state index in [1.54, 1.807) is 24.4 Å². The standard InChI is InChI=1S/C24H25NO5S.C2H6/c1-30-23(27)24(14-5-2-6-15-24)31(28,29)18-11-9-17(10-12-18)22(26)20-13-16-25-21-8-4-3-7-19(20)21;1-2/h3-4,7-13,16,22,26H,2,5-6,14-15H2,1H3;1-2H3. The van der Waals surface area contributed by atoms with E-state index in [-0.39, 0.29) is 17.7 Å². The Hall–Kier alpha value is -2.77. The summed E-state index contributed by atoms with van der Waals surface area (Å²) in [5.41, 5.74) is 2.03. The highest BCUT2D eigenvalue weighted by molar-refractivity contribution is 7.93. The number of fused-ring (bicyclic) bond motifs is 1. The molecule has 176 valence electrons. The summed E-state index contributed by atoms with van der Waals surface area (Å²) < 4.78 is 30.3. The number of aromatic nitrogens is 1. The molecule has 0 saturated heterocycles. The summed E-state index contributed by atoms with van der Waals surface area (Å²) in [6, 6.07) is 15.4. The van der Waals surface area contributed by atoms with Gasteiger partial charge >= 0.3 is 5.97 Å². The fraction of sp³-hybridized carbons (Fsp3) is 0.385. The number of para-hydroxylation sites is 1. The van der Waals surface area contributed by atoms with Crippen LogP contribution in [0.2, 0.25) is 0 Å². The summed E-state index contributed by atoms with van der Waals surface area (Å²) in [5.74, 6) is -0.695. The molecule has 0 bridgehead atoms. The van der Waals surface area contributed by atoms with Crippen molar-refractivity contribution in [1.29, 1.82) is 0 Å². The summed E-state index contributed by atoms with van der Waals surface area (Å²) in [4.78, 5) is 16.9. The topological polar surface area (TPSA) is 93.6 Å². The first kappa shape index (κ1) is 24.9. The third kappa shape index (κ3) is 4.52. The molecular weight excluding hydrogens is 438 g/mol. The van der Waals surface area contributed by atoms with Crippen LogP contribution in [0.4, 0.5) is 0 Å². The molecule has 0 amide bonds. The molecule has 1 saturated carbocycles. The van der Waals surface area contributed by atoms with Gasteiger partial charge in [0.2, 0.25) is 0 Å². The van der Waals surface area contributed by atoms with Crippen molar-refractivity contribution < 1.29 is 23.1 Å². The molecule has 0 spiro atoms.